The molecule has 0 amide bonds. The van der Waals surface area contributed by atoms with Crippen molar-refractivity contribution in [2.45, 2.75) is 18.4 Å². The predicted molar refractivity (Wildman–Crippen MR) is 102 cm³/mol. The van der Waals surface area contributed by atoms with Gasteiger partial charge < -0.3 is 15.8 Å². The Bertz CT molecular complexity index is 744. The third-order valence-electron chi connectivity index (χ3n) is 4.31. The highest BCUT2D eigenvalue weighted by Gasteiger charge is 2.38. The van der Waals surface area contributed by atoms with Gasteiger partial charge in [-0.3, -0.25) is 0 Å². The van der Waals surface area contributed by atoms with E-state index >= 15 is 0 Å². The lowest BCUT2D eigenvalue weighted by molar-refractivity contribution is -0.0377. The number of carbonyl (C=O) groups excluding carboxylic acids is 1. The summed E-state index contributed by atoms with van der Waals surface area (Å²) in [6.45, 7) is 1.61. The average molecular weight is 454 g/mol. The molecule has 0 spiro atoms. The summed E-state index contributed by atoms with van der Waals surface area (Å²) in [6.07, 6.45) is 1.47. The summed E-state index contributed by atoms with van der Waals surface area (Å²) in [7, 11) is 0. The molecule has 0 aromatic heterocycles. The van der Waals surface area contributed by atoms with E-state index in [0.717, 1.165) is 36.0 Å². The van der Waals surface area contributed by atoms with Crippen molar-refractivity contribution in [3.05, 3.63) is 62.5 Å². The van der Waals surface area contributed by atoms with Gasteiger partial charge in [0.05, 0.1) is 11.3 Å². The van der Waals surface area contributed by atoms with Gasteiger partial charge in [-0.2, -0.15) is 0 Å². The van der Waals surface area contributed by atoms with Gasteiger partial charge >= 0.3 is 5.97 Å². The highest BCUT2D eigenvalue weighted by molar-refractivity contribution is 9.11. The molecular weight excluding hydrogens is 436 g/mol. The van der Waals surface area contributed by atoms with Crippen LogP contribution in [0.15, 0.2) is 51.4 Å². The molecule has 0 saturated carbocycles. The van der Waals surface area contributed by atoms with Crippen molar-refractivity contribution in [1.29, 1.82) is 0 Å². The summed E-state index contributed by atoms with van der Waals surface area (Å²) in [4.78, 5) is 12.9. The highest BCUT2D eigenvalue weighted by atomic mass is 79.9. The zero-order valence-electron chi connectivity index (χ0n) is 13.0. The minimum Gasteiger partial charge on any atom is -0.450 e. The Labute approximate surface area is 158 Å². The van der Waals surface area contributed by atoms with Crippen LogP contribution in [0, 0.1) is 0 Å². The Balaban J connectivity index is 1.95. The summed E-state index contributed by atoms with van der Waals surface area (Å²) in [5.41, 5.74) is 7.21. The van der Waals surface area contributed by atoms with Crippen LogP contribution in [0.3, 0.4) is 0 Å². The van der Waals surface area contributed by atoms with Crippen molar-refractivity contribution in [2.24, 2.45) is 0 Å². The molecule has 2 aromatic carbocycles. The lowest BCUT2D eigenvalue weighted by Gasteiger charge is -2.37. The lowest BCUT2D eigenvalue weighted by Crippen LogP contribution is -2.43. The molecule has 0 atom stereocenters. The fourth-order valence-corrected chi connectivity index (χ4v) is 4.23. The second-order valence-electron chi connectivity index (χ2n) is 5.85. The molecule has 1 aliphatic rings. The number of esters is 1. The molecule has 4 nitrogen and oxygen atoms in total. The molecule has 1 saturated heterocycles. The molecule has 6 heteroatoms. The van der Waals surface area contributed by atoms with Crippen molar-refractivity contribution < 1.29 is 9.53 Å². The van der Waals surface area contributed by atoms with Gasteiger partial charge in [0.2, 0.25) is 0 Å². The largest absolute Gasteiger partial charge is 0.450 e. The van der Waals surface area contributed by atoms with Crippen LogP contribution in [-0.2, 0) is 10.3 Å². The SMILES string of the molecule is Nc1c(Br)cc(Br)cc1C(=O)OC1(c2ccccc2)CCNCC1. The average Bonchev–Trinajstić information content (AvgIpc) is 2.59. The van der Waals surface area contributed by atoms with Crippen LogP contribution in [0.2, 0.25) is 0 Å². The lowest BCUT2D eigenvalue weighted by atomic mass is 9.84. The maximum absolute atomic E-state index is 12.9. The number of piperidine rings is 1. The number of hydrogen-bond acceptors (Lipinski definition) is 4. The van der Waals surface area contributed by atoms with E-state index in [9.17, 15) is 4.79 Å². The Kier molecular flexibility index (Phi) is 5.27. The van der Waals surface area contributed by atoms with Crippen molar-refractivity contribution >= 4 is 43.5 Å². The fourth-order valence-electron chi connectivity index (χ4n) is 3.01. The number of nitrogen functional groups attached to an aromatic ring is 1. The number of anilines is 1. The van der Waals surface area contributed by atoms with Crippen LogP contribution in [0.1, 0.15) is 28.8 Å². The minimum absolute atomic E-state index is 0.366. The van der Waals surface area contributed by atoms with Gasteiger partial charge in [0.1, 0.15) is 5.60 Å². The number of hydrogen-bond donors (Lipinski definition) is 2. The van der Waals surface area contributed by atoms with E-state index in [1.165, 1.54) is 0 Å². The zero-order valence-corrected chi connectivity index (χ0v) is 16.2. The van der Waals surface area contributed by atoms with Gasteiger partial charge in [0, 0.05) is 21.8 Å². The van der Waals surface area contributed by atoms with Crippen molar-refractivity contribution in [3.63, 3.8) is 0 Å². The van der Waals surface area contributed by atoms with Crippen LogP contribution in [-0.4, -0.2) is 19.1 Å². The van der Waals surface area contributed by atoms with E-state index < -0.39 is 11.6 Å². The van der Waals surface area contributed by atoms with Crippen LogP contribution in [0.4, 0.5) is 5.69 Å². The third-order valence-corrected chi connectivity index (χ3v) is 5.43. The molecule has 3 rings (SSSR count). The van der Waals surface area contributed by atoms with Gasteiger partial charge in [-0.05, 0) is 46.7 Å². The van der Waals surface area contributed by atoms with E-state index in [-0.39, 0.29) is 0 Å². The Morgan fingerprint density at radius 3 is 2.46 bits per heavy atom. The number of nitrogens with one attached hydrogen (secondary N) is 1. The topological polar surface area (TPSA) is 64.4 Å². The molecule has 1 fully saturated rings. The maximum atomic E-state index is 12.9. The highest BCUT2D eigenvalue weighted by Crippen LogP contribution is 2.37. The first-order valence-electron chi connectivity index (χ1n) is 7.76. The molecular formula is C18H18Br2N2O2. The molecule has 1 heterocycles. The van der Waals surface area contributed by atoms with Crippen LogP contribution in [0.5, 0.6) is 0 Å². The Hall–Kier alpha value is -1.37. The molecule has 0 bridgehead atoms. The van der Waals surface area contributed by atoms with Gasteiger partial charge in [-0.15, -0.1) is 0 Å². The van der Waals surface area contributed by atoms with E-state index in [0.29, 0.717) is 15.7 Å². The quantitative estimate of drug-likeness (QED) is 0.539. The number of rotatable bonds is 3. The summed E-state index contributed by atoms with van der Waals surface area (Å²) in [5.74, 6) is -0.403. The van der Waals surface area contributed by atoms with Crippen LogP contribution < -0.4 is 11.1 Å². The Morgan fingerprint density at radius 1 is 1.12 bits per heavy atom. The minimum atomic E-state index is -0.620. The molecule has 0 aliphatic carbocycles. The normalized spacial score (nSPS) is 16.6. The Morgan fingerprint density at radius 2 is 1.79 bits per heavy atom. The number of carbonyl (C=O) groups is 1. The van der Waals surface area contributed by atoms with Gasteiger partial charge in [0.15, 0.2) is 0 Å². The monoisotopic (exact) mass is 452 g/mol. The summed E-state index contributed by atoms with van der Waals surface area (Å²) >= 11 is 6.77. The maximum Gasteiger partial charge on any atom is 0.341 e. The van der Waals surface area contributed by atoms with E-state index in [1.807, 2.05) is 36.4 Å². The standard InChI is InChI=1S/C18H18Br2N2O2/c19-13-10-14(16(21)15(20)11-13)17(23)24-18(6-8-22-9-7-18)12-4-2-1-3-5-12/h1-5,10-11,22H,6-9,21H2. The van der Waals surface area contributed by atoms with Crippen molar-refractivity contribution in [3.8, 4) is 0 Å². The smallest absolute Gasteiger partial charge is 0.341 e. The number of ether oxygens (including phenoxy) is 1. The van der Waals surface area contributed by atoms with E-state index in [1.54, 1.807) is 6.07 Å². The first kappa shape index (κ1) is 17.5. The van der Waals surface area contributed by atoms with Crippen LogP contribution >= 0.6 is 31.9 Å². The van der Waals surface area contributed by atoms with E-state index in [4.69, 9.17) is 10.5 Å². The first-order chi connectivity index (χ1) is 11.5. The number of nitrogens with two attached hydrogens (primary N) is 1. The second kappa shape index (κ2) is 7.25. The fraction of sp³-hybridized carbons (Fsp3) is 0.278. The number of benzene rings is 2. The molecule has 24 heavy (non-hydrogen) atoms. The first-order valence-corrected chi connectivity index (χ1v) is 9.34. The summed E-state index contributed by atoms with van der Waals surface area (Å²) in [6, 6.07) is 13.4. The molecule has 2 aromatic rings. The number of halogens is 2. The summed E-state index contributed by atoms with van der Waals surface area (Å²) in [5, 5.41) is 3.32. The summed E-state index contributed by atoms with van der Waals surface area (Å²) < 4.78 is 7.48. The molecule has 0 unspecified atom stereocenters. The molecule has 126 valence electrons. The molecule has 1 aliphatic heterocycles. The third kappa shape index (κ3) is 3.50. The van der Waals surface area contributed by atoms with Crippen molar-refractivity contribution in [1.82, 2.24) is 5.32 Å². The van der Waals surface area contributed by atoms with Gasteiger partial charge in [0.25, 0.3) is 0 Å². The second-order valence-corrected chi connectivity index (χ2v) is 7.62. The zero-order chi connectivity index (χ0) is 17.2. The molecule has 3 N–H and O–H groups in total. The van der Waals surface area contributed by atoms with E-state index in [2.05, 4.69) is 37.2 Å². The molecule has 0 radical (unpaired) electrons. The van der Waals surface area contributed by atoms with Crippen molar-refractivity contribution in [2.75, 3.05) is 18.8 Å². The predicted octanol–water partition coefficient (Wildman–Crippen LogP) is 4.23. The van der Waals surface area contributed by atoms with Gasteiger partial charge in [-0.1, -0.05) is 46.3 Å². The van der Waals surface area contributed by atoms with Gasteiger partial charge in [-0.25, -0.2) is 4.79 Å². The van der Waals surface area contributed by atoms with Crippen LogP contribution in [0.25, 0.3) is 0 Å².